The van der Waals surface area contributed by atoms with Crippen LogP contribution < -0.4 is 0 Å². The van der Waals surface area contributed by atoms with Crippen molar-refractivity contribution in [3.63, 3.8) is 0 Å². The minimum Gasteiger partial charge on any atom is -0.465 e. The average Bonchev–Trinajstić information content (AvgIpc) is 3.04. The SMILES string of the molecule is CCCCCC/C=C/[C@H]1CC[C@@H](OC(C)=O)[C@@H]1C/C=C\CCC(O)(O)C(=O)OC. The van der Waals surface area contributed by atoms with E-state index in [9.17, 15) is 19.8 Å². The van der Waals surface area contributed by atoms with Gasteiger partial charge in [0, 0.05) is 19.3 Å². The highest BCUT2D eigenvalue weighted by Crippen LogP contribution is 2.38. The monoisotopic (exact) mass is 410 g/mol. The van der Waals surface area contributed by atoms with Crippen LogP contribution in [0.1, 0.15) is 78.1 Å². The Morgan fingerprint density at radius 3 is 2.48 bits per heavy atom. The molecule has 0 aromatic rings. The third kappa shape index (κ3) is 9.59. The van der Waals surface area contributed by atoms with Gasteiger partial charge in [0.15, 0.2) is 0 Å². The van der Waals surface area contributed by atoms with Crippen LogP contribution in [-0.2, 0) is 19.1 Å². The Labute approximate surface area is 175 Å². The topological polar surface area (TPSA) is 93.1 Å². The molecule has 0 aromatic heterocycles. The number of rotatable bonds is 13. The van der Waals surface area contributed by atoms with Crippen LogP contribution in [0.3, 0.4) is 0 Å². The van der Waals surface area contributed by atoms with Crippen LogP contribution in [0, 0.1) is 11.8 Å². The van der Waals surface area contributed by atoms with Gasteiger partial charge in [0.2, 0.25) is 0 Å². The Hall–Kier alpha value is -1.66. The zero-order valence-electron chi connectivity index (χ0n) is 18.1. The molecule has 1 saturated carbocycles. The average molecular weight is 411 g/mol. The quantitative estimate of drug-likeness (QED) is 0.206. The van der Waals surface area contributed by atoms with Gasteiger partial charge in [-0.15, -0.1) is 0 Å². The maximum Gasteiger partial charge on any atom is 0.366 e. The van der Waals surface area contributed by atoms with E-state index in [0.717, 1.165) is 32.8 Å². The van der Waals surface area contributed by atoms with Crippen molar-refractivity contribution < 1.29 is 29.3 Å². The van der Waals surface area contributed by atoms with Crippen molar-refractivity contribution in [1.82, 2.24) is 0 Å². The summed E-state index contributed by atoms with van der Waals surface area (Å²) in [5, 5.41) is 19.3. The van der Waals surface area contributed by atoms with E-state index in [1.165, 1.54) is 32.6 Å². The summed E-state index contributed by atoms with van der Waals surface area (Å²) in [6.45, 7) is 3.65. The third-order valence-electron chi connectivity index (χ3n) is 5.48. The fraction of sp³-hybridized carbons (Fsp3) is 0.739. The first kappa shape index (κ1) is 25.4. The highest BCUT2D eigenvalue weighted by molar-refractivity contribution is 5.76. The molecule has 0 radical (unpaired) electrons. The Bertz CT molecular complexity index is 552. The number of methoxy groups -OCH3 is 1. The van der Waals surface area contributed by atoms with Gasteiger partial charge in [-0.3, -0.25) is 4.79 Å². The van der Waals surface area contributed by atoms with E-state index in [1.807, 2.05) is 12.2 Å². The summed E-state index contributed by atoms with van der Waals surface area (Å²) in [5.41, 5.74) is 0. The maximum atomic E-state index is 11.4. The summed E-state index contributed by atoms with van der Waals surface area (Å²) in [6.07, 6.45) is 17.1. The molecule has 0 bridgehead atoms. The van der Waals surface area contributed by atoms with Crippen molar-refractivity contribution in [2.75, 3.05) is 7.11 Å². The van der Waals surface area contributed by atoms with Gasteiger partial charge in [-0.25, -0.2) is 4.79 Å². The van der Waals surface area contributed by atoms with Gasteiger partial charge < -0.3 is 19.7 Å². The Balaban J connectivity index is 2.56. The minimum absolute atomic E-state index is 0.0864. The van der Waals surface area contributed by atoms with E-state index < -0.39 is 11.8 Å². The molecule has 0 amide bonds. The van der Waals surface area contributed by atoms with Crippen molar-refractivity contribution in [2.24, 2.45) is 11.8 Å². The van der Waals surface area contributed by atoms with Crippen molar-refractivity contribution in [1.29, 1.82) is 0 Å². The van der Waals surface area contributed by atoms with E-state index in [1.54, 1.807) is 0 Å². The Morgan fingerprint density at radius 1 is 1.07 bits per heavy atom. The lowest BCUT2D eigenvalue weighted by Gasteiger charge is -2.22. The molecule has 0 saturated heterocycles. The van der Waals surface area contributed by atoms with E-state index >= 15 is 0 Å². The first-order chi connectivity index (χ1) is 13.8. The van der Waals surface area contributed by atoms with Crippen LogP contribution in [0.4, 0.5) is 0 Å². The molecule has 3 atom stereocenters. The number of esters is 2. The van der Waals surface area contributed by atoms with E-state index in [0.29, 0.717) is 12.3 Å². The summed E-state index contributed by atoms with van der Waals surface area (Å²) >= 11 is 0. The molecular formula is C23H38O6. The van der Waals surface area contributed by atoms with Crippen LogP contribution in [0.5, 0.6) is 0 Å². The molecule has 0 aromatic carbocycles. The molecule has 2 N–H and O–H groups in total. The van der Waals surface area contributed by atoms with Crippen LogP contribution in [0.2, 0.25) is 0 Å². The van der Waals surface area contributed by atoms with Crippen molar-refractivity contribution in [2.45, 2.75) is 89.9 Å². The fourth-order valence-electron chi connectivity index (χ4n) is 3.87. The molecule has 6 nitrogen and oxygen atoms in total. The van der Waals surface area contributed by atoms with Gasteiger partial charge in [0.25, 0.3) is 5.79 Å². The van der Waals surface area contributed by atoms with Crippen molar-refractivity contribution >= 4 is 11.9 Å². The normalized spacial score (nSPS) is 22.4. The van der Waals surface area contributed by atoms with Crippen LogP contribution in [-0.4, -0.2) is 41.2 Å². The first-order valence-electron chi connectivity index (χ1n) is 10.8. The summed E-state index contributed by atoms with van der Waals surface area (Å²) in [6, 6.07) is 0. The molecule has 1 rings (SSSR count). The van der Waals surface area contributed by atoms with Gasteiger partial charge in [-0.1, -0.05) is 50.5 Å². The van der Waals surface area contributed by atoms with Gasteiger partial charge >= 0.3 is 11.9 Å². The summed E-state index contributed by atoms with van der Waals surface area (Å²) in [7, 11) is 1.12. The lowest BCUT2D eigenvalue weighted by atomic mass is 9.90. The van der Waals surface area contributed by atoms with Crippen molar-refractivity contribution in [3.05, 3.63) is 24.3 Å². The number of hydrogen-bond acceptors (Lipinski definition) is 6. The van der Waals surface area contributed by atoms with E-state index in [4.69, 9.17) is 4.74 Å². The summed E-state index contributed by atoms with van der Waals surface area (Å²) in [4.78, 5) is 22.7. The largest absolute Gasteiger partial charge is 0.465 e. The van der Waals surface area contributed by atoms with Crippen molar-refractivity contribution in [3.8, 4) is 0 Å². The molecule has 166 valence electrons. The maximum absolute atomic E-state index is 11.4. The van der Waals surface area contributed by atoms with Crippen LogP contribution >= 0.6 is 0 Å². The third-order valence-corrected chi connectivity index (χ3v) is 5.48. The van der Waals surface area contributed by atoms with Gasteiger partial charge in [0.05, 0.1) is 7.11 Å². The molecule has 29 heavy (non-hydrogen) atoms. The van der Waals surface area contributed by atoms with E-state index in [-0.39, 0.29) is 24.4 Å². The summed E-state index contributed by atoms with van der Waals surface area (Å²) in [5.74, 6) is -3.18. The van der Waals surface area contributed by atoms with Crippen LogP contribution in [0.15, 0.2) is 24.3 Å². The molecular weight excluding hydrogens is 372 g/mol. The standard InChI is InChI=1S/C23H38O6/c1-4-5-6-7-8-10-13-19-15-16-21(29-18(2)24)20(19)14-11-9-12-17-23(26,27)22(25)28-3/h9-11,13,19-21,26-27H,4-8,12,14-17H2,1-3H3/b11-9-,13-10+/t19-,20+,21+/m0/s1. The number of hydrogen-bond donors (Lipinski definition) is 2. The first-order valence-corrected chi connectivity index (χ1v) is 10.8. The molecule has 0 aliphatic heterocycles. The lowest BCUT2D eigenvalue weighted by Crippen LogP contribution is -2.39. The second kappa shape index (κ2) is 13.5. The predicted molar refractivity (Wildman–Crippen MR) is 112 cm³/mol. The molecule has 6 heteroatoms. The zero-order chi connectivity index (χ0) is 21.7. The highest BCUT2D eigenvalue weighted by atomic mass is 16.6. The number of carbonyl (C=O) groups is 2. The van der Waals surface area contributed by atoms with E-state index in [2.05, 4.69) is 23.8 Å². The molecule has 1 aliphatic carbocycles. The van der Waals surface area contributed by atoms with Gasteiger partial charge in [-0.2, -0.15) is 0 Å². The number of carbonyl (C=O) groups excluding carboxylic acids is 2. The zero-order valence-corrected chi connectivity index (χ0v) is 18.1. The predicted octanol–water partition coefficient (Wildman–Crippen LogP) is 4.05. The molecule has 0 spiro atoms. The fourth-order valence-corrected chi connectivity index (χ4v) is 3.87. The number of aliphatic hydroxyl groups is 2. The molecule has 1 fully saturated rings. The highest BCUT2D eigenvalue weighted by Gasteiger charge is 2.36. The smallest absolute Gasteiger partial charge is 0.366 e. The number of ether oxygens (including phenoxy) is 2. The minimum atomic E-state index is -2.46. The molecule has 0 unspecified atom stereocenters. The second-order valence-corrected chi connectivity index (χ2v) is 7.88. The number of allylic oxidation sites excluding steroid dienone is 4. The van der Waals surface area contributed by atoms with Crippen LogP contribution in [0.25, 0.3) is 0 Å². The lowest BCUT2D eigenvalue weighted by molar-refractivity contribution is -0.208. The number of unbranched alkanes of at least 4 members (excludes halogenated alkanes) is 4. The second-order valence-electron chi connectivity index (χ2n) is 7.88. The van der Waals surface area contributed by atoms with Gasteiger partial charge in [0.1, 0.15) is 6.10 Å². The van der Waals surface area contributed by atoms with Gasteiger partial charge in [-0.05, 0) is 44.4 Å². The summed E-state index contributed by atoms with van der Waals surface area (Å²) < 4.78 is 9.89. The Kier molecular flexibility index (Phi) is 11.9. The Morgan fingerprint density at radius 2 is 1.83 bits per heavy atom. The molecule has 1 aliphatic rings. The molecule has 0 heterocycles.